The Hall–Kier alpha value is 0.970. The van der Waals surface area contributed by atoms with E-state index >= 15 is 0 Å². The molecule has 0 amide bonds. The zero-order valence-electron chi connectivity index (χ0n) is 4.49. The predicted octanol–water partition coefficient (Wildman–Crippen LogP) is 2.65. The third kappa shape index (κ3) is 2.59. The van der Waals surface area contributed by atoms with Crippen molar-refractivity contribution in [3.63, 3.8) is 0 Å². The first-order valence-electron chi connectivity index (χ1n) is 2.24. The van der Waals surface area contributed by atoms with Crippen molar-refractivity contribution >= 4 is 48.8 Å². The van der Waals surface area contributed by atoms with Crippen molar-refractivity contribution < 1.29 is 4.74 Å². The van der Waals surface area contributed by atoms with Crippen LogP contribution in [0.4, 0.5) is 0 Å². The molecule has 0 spiro atoms. The smallest absolute Gasteiger partial charge is 0.0987 e. The fraction of sp³-hybridized carbons (Fsp3) is 0.500. The van der Waals surface area contributed by atoms with Gasteiger partial charge in [0, 0.05) is 0 Å². The monoisotopic (exact) mass is 197 g/mol. The van der Waals surface area contributed by atoms with Gasteiger partial charge >= 0.3 is 0 Å². The second-order valence-corrected chi connectivity index (χ2v) is 4.60. The van der Waals surface area contributed by atoms with Gasteiger partial charge in [-0.1, -0.05) is 36.2 Å². The lowest BCUT2D eigenvalue weighted by Gasteiger charge is -1.92. The highest BCUT2D eigenvalue weighted by Crippen LogP contribution is 2.35. The van der Waals surface area contributed by atoms with Crippen molar-refractivity contribution in [2.24, 2.45) is 0 Å². The van der Waals surface area contributed by atoms with E-state index in [-0.39, 0.29) is 0 Å². The lowest BCUT2D eigenvalue weighted by Crippen LogP contribution is -1.83. The Morgan fingerprint density at radius 2 is 2.11 bits per heavy atom. The molecule has 0 atom stereocenters. The predicted molar refractivity (Wildman–Crippen MR) is 49.6 cm³/mol. The molecule has 5 heteroatoms. The van der Waals surface area contributed by atoms with E-state index in [9.17, 15) is 0 Å². The van der Waals surface area contributed by atoms with Crippen LogP contribution in [-0.2, 0) is 4.74 Å². The van der Waals surface area contributed by atoms with Crippen LogP contribution in [-0.4, -0.2) is 11.9 Å². The number of thioether (sulfide) groups is 2. The molecule has 0 saturated carbocycles. The van der Waals surface area contributed by atoms with Gasteiger partial charge in [0.1, 0.15) is 0 Å². The van der Waals surface area contributed by atoms with Crippen molar-refractivity contribution in [2.75, 3.05) is 11.9 Å². The average molecular weight is 197 g/mol. The Bertz CT molecular complexity index is 119. The maximum Gasteiger partial charge on any atom is 0.0987 e. The molecule has 0 bridgehead atoms. The zero-order chi connectivity index (χ0) is 6.69. The van der Waals surface area contributed by atoms with Gasteiger partial charge in [-0.3, -0.25) is 0 Å². The van der Waals surface area contributed by atoms with Crippen LogP contribution in [0.25, 0.3) is 0 Å². The summed E-state index contributed by atoms with van der Waals surface area (Å²) in [6.07, 6.45) is 0. The molecule has 9 heavy (non-hydrogen) atoms. The molecular weight excluding hydrogens is 192 g/mol. The van der Waals surface area contributed by atoms with Gasteiger partial charge in [0.15, 0.2) is 0 Å². The van der Waals surface area contributed by atoms with E-state index in [1.807, 2.05) is 0 Å². The van der Waals surface area contributed by atoms with Gasteiger partial charge in [-0.05, 0) is 0 Å². The number of thiol groups is 1. The average Bonchev–Trinajstić information content (AvgIpc) is 1.99. The molecule has 0 saturated heterocycles. The summed E-state index contributed by atoms with van der Waals surface area (Å²) < 4.78 is 6.86. The highest BCUT2D eigenvalue weighted by Gasteiger charge is 2.06. The second-order valence-electron chi connectivity index (χ2n) is 1.32. The van der Waals surface area contributed by atoms with Gasteiger partial charge in [0.25, 0.3) is 0 Å². The molecule has 1 radical (unpaired) electrons. The lowest BCUT2D eigenvalue weighted by atomic mass is 11.2. The van der Waals surface area contributed by atoms with Gasteiger partial charge in [-0.25, -0.2) is 0 Å². The van der Waals surface area contributed by atoms with Gasteiger partial charge in [0.05, 0.1) is 20.4 Å². The second kappa shape index (κ2) is 3.98. The summed E-state index contributed by atoms with van der Waals surface area (Å²) in [5.41, 5.74) is 0. The van der Waals surface area contributed by atoms with Crippen molar-refractivity contribution in [3.05, 3.63) is 8.47 Å². The van der Waals surface area contributed by atoms with Crippen LogP contribution < -0.4 is 0 Å². The quantitative estimate of drug-likeness (QED) is 0.598. The molecule has 1 aliphatic heterocycles. The first-order chi connectivity index (χ1) is 4.30. The van der Waals surface area contributed by atoms with Gasteiger partial charge in [-0.15, -0.1) is 12.6 Å². The van der Waals surface area contributed by atoms with Crippen molar-refractivity contribution in [1.82, 2.24) is 0 Å². The third-order valence-corrected chi connectivity index (χ3v) is 3.97. The number of rotatable bonds is 0. The molecule has 0 unspecified atom stereocenters. The van der Waals surface area contributed by atoms with Gasteiger partial charge in [0.2, 0.25) is 0 Å². The Morgan fingerprint density at radius 1 is 1.44 bits per heavy atom. The maximum absolute atomic E-state index is 5.10. The van der Waals surface area contributed by atoms with E-state index in [0.717, 1.165) is 8.47 Å². The highest BCUT2D eigenvalue weighted by molar-refractivity contribution is 8.21. The van der Waals surface area contributed by atoms with Crippen LogP contribution in [0.15, 0.2) is 8.47 Å². The van der Waals surface area contributed by atoms with Crippen LogP contribution in [0.3, 0.4) is 0 Å². The number of ether oxygens (including phenoxy) is 1. The topological polar surface area (TPSA) is 9.23 Å². The lowest BCUT2D eigenvalue weighted by molar-refractivity contribution is 0.242. The SMILES string of the molecule is [S]C1=C(S)SCOCS1. The fourth-order valence-electron chi connectivity index (χ4n) is 0.347. The minimum Gasteiger partial charge on any atom is -0.359 e. The standard InChI is InChI=1S/C4H5OS4/c6-3-4(7)9-2-5-1-8-3/h6H,1-2H2. The van der Waals surface area contributed by atoms with Crippen LogP contribution in [0.1, 0.15) is 0 Å². The molecular formula is C4H5OS4. The molecule has 0 N–H and O–H groups in total. The molecule has 1 aliphatic rings. The van der Waals surface area contributed by atoms with E-state index < -0.39 is 0 Å². The molecule has 1 heterocycles. The highest BCUT2D eigenvalue weighted by atomic mass is 32.2. The minimum atomic E-state index is 0.663. The molecule has 0 fully saturated rings. The third-order valence-electron chi connectivity index (χ3n) is 0.727. The molecule has 0 aromatic rings. The molecule has 51 valence electrons. The summed E-state index contributed by atoms with van der Waals surface area (Å²) >= 11 is 12.2. The van der Waals surface area contributed by atoms with Crippen LogP contribution in [0.2, 0.25) is 0 Å². The summed E-state index contributed by atoms with van der Waals surface area (Å²) in [4.78, 5) is 0. The minimum absolute atomic E-state index is 0.663. The summed E-state index contributed by atoms with van der Waals surface area (Å²) in [6, 6.07) is 0. The molecule has 0 aliphatic carbocycles. The van der Waals surface area contributed by atoms with E-state index in [4.69, 9.17) is 17.4 Å². The summed E-state index contributed by atoms with van der Waals surface area (Å²) in [7, 11) is 0. The van der Waals surface area contributed by atoms with Crippen molar-refractivity contribution in [3.8, 4) is 0 Å². The zero-order valence-corrected chi connectivity index (χ0v) is 7.84. The molecule has 1 rings (SSSR count). The largest absolute Gasteiger partial charge is 0.359 e. The normalized spacial score (nSPS) is 21.9. The Labute approximate surface area is 73.8 Å². The maximum atomic E-state index is 5.10. The summed E-state index contributed by atoms with van der Waals surface area (Å²) in [5.74, 6) is 1.34. The molecule has 0 aromatic heterocycles. The van der Waals surface area contributed by atoms with Gasteiger partial charge < -0.3 is 4.74 Å². The van der Waals surface area contributed by atoms with E-state index in [2.05, 4.69) is 12.6 Å². The van der Waals surface area contributed by atoms with E-state index in [1.54, 1.807) is 11.8 Å². The Balaban J connectivity index is 2.55. The van der Waals surface area contributed by atoms with Crippen molar-refractivity contribution in [2.45, 2.75) is 0 Å². The first kappa shape index (κ1) is 8.07. The summed E-state index contributed by atoms with van der Waals surface area (Å²) in [5, 5.41) is 0. The molecule has 0 aromatic carbocycles. The van der Waals surface area contributed by atoms with Crippen molar-refractivity contribution in [1.29, 1.82) is 0 Å². The first-order valence-corrected chi connectivity index (χ1v) is 5.07. The van der Waals surface area contributed by atoms with Crippen LogP contribution in [0.5, 0.6) is 0 Å². The Kier molecular flexibility index (Phi) is 3.57. The fourth-order valence-corrected chi connectivity index (χ4v) is 2.27. The summed E-state index contributed by atoms with van der Waals surface area (Å²) in [6.45, 7) is 0. The van der Waals surface area contributed by atoms with Gasteiger partial charge in [-0.2, -0.15) is 0 Å². The number of hydrogen-bond donors (Lipinski definition) is 1. The molecule has 1 nitrogen and oxygen atoms in total. The number of hydrogen-bond acceptors (Lipinski definition) is 4. The van der Waals surface area contributed by atoms with Crippen LogP contribution in [0, 0.1) is 0 Å². The van der Waals surface area contributed by atoms with E-state index in [1.165, 1.54) is 11.8 Å². The Morgan fingerprint density at radius 3 is 2.89 bits per heavy atom. The van der Waals surface area contributed by atoms with Crippen LogP contribution >= 0.6 is 48.8 Å². The van der Waals surface area contributed by atoms with E-state index in [0.29, 0.717) is 11.9 Å².